The number of amides is 1. The Kier molecular flexibility index (Phi) is 5.73. The van der Waals surface area contributed by atoms with Gasteiger partial charge in [0, 0.05) is 5.56 Å². The molecule has 8 nitrogen and oxygen atoms in total. The largest absolute Gasteiger partial charge is 0.411 e. The number of aromatic nitrogens is 4. The Labute approximate surface area is 178 Å². The number of carbonyl (C=O) groups is 1. The molecule has 2 heterocycles. The first-order chi connectivity index (χ1) is 15.3. The number of H-pyrrole nitrogens is 1. The lowest BCUT2D eigenvalue weighted by Crippen LogP contribution is -2.17. The second kappa shape index (κ2) is 8.63. The van der Waals surface area contributed by atoms with Crippen LogP contribution in [-0.2, 0) is 11.3 Å². The lowest BCUT2D eigenvalue weighted by molar-refractivity contribution is -0.176. The zero-order valence-electron chi connectivity index (χ0n) is 16.4. The molecule has 2 aromatic carbocycles. The third-order valence-electron chi connectivity index (χ3n) is 4.50. The van der Waals surface area contributed by atoms with E-state index in [-0.39, 0.29) is 12.2 Å². The molecule has 0 fully saturated rings. The first kappa shape index (κ1) is 21.2. The van der Waals surface area contributed by atoms with Crippen LogP contribution < -0.4 is 10.9 Å². The highest BCUT2D eigenvalue weighted by Gasteiger charge is 2.27. The van der Waals surface area contributed by atoms with E-state index in [1.54, 1.807) is 24.3 Å². The lowest BCUT2D eigenvalue weighted by Gasteiger charge is -2.12. The molecule has 0 spiro atoms. The van der Waals surface area contributed by atoms with E-state index in [9.17, 15) is 22.8 Å². The van der Waals surface area contributed by atoms with Crippen LogP contribution in [0.15, 0.2) is 65.8 Å². The smallest absolute Gasteiger partial charge is 0.367 e. The number of hydrogen-bond donors (Lipinski definition) is 2. The number of nitrogens with zero attached hydrogens (tertiary/aromatic N) is 3. The van der Waals surface area contributed by atoms with Crippen molar-refractivity contribution in [1.29, 1.82) is 0 Å². The van der Waals surface area contributed by atoms with Crippen molar-refractivity contribution in [3.8, 4) is 5.69 Å². The molecule has 0 saturated heterocycles. The van der Waals surface area contributed by atoms with Gasteiger partial charge in [-0.3, -0.25) is 9.59 Å². The Morgan fingerprint density at radius 3 is 2.62 bits per heavy atom. The molecular weight excluding hydrogens is 427 g/mol. The molecule has 0 aliphatic carbocycles. The standard InChI is InChI=1S/C21H16F3N5O3/c22-21(23,24)11-32-10-13-5-7-14(8-6-13)19(30)28-16-3-1-2-4-17(16)29-18-15(9-27-29)20(31)26-12-25-18/h1-9,12H,10-11H2,(H,28,30)(H,25,26,31). The summed E-state index contributed by atoms with van der Waals surface area (Å²) in [6, 6.07) is 12.9. The van der Waals surface area contributed by atoms with E-state index >= 15 is 0 Å². The molecule has 0 aliphatic rings. The van der Waals surface area contributed by atoms with Crippen molar-refractivity contribution >= 4 is 22.6 Å². The third kappa shape index (κ3) is 4.67. The number of ether oxygens (including phenoxy) is 1. The SMILES string of the molecule is O=C(Nc1ccccc1-n1ncc2c(=O)[nH]cnc21)c1ccc(COCC(F)(F)F)cc1. The molecule has 2 aromatic heterocycles. The summed E-state index contributed by atoms with van der Waals surface area (Å²) in [6.07, 6.45) is -1.74. The molecule has 4 rings (SSSR count). The first-order valence-electron chi connectivity index (χ1n) is 9.37. The van der Waals surface area contributed by atoms with E-state index in [2.05, 4.69) is 25.1 Å². The van der Waals surface area contributed by atoms with Crippen molar-refractivity contribution < 1.29 is 22.7 Å². The summed E-state index contributed by atoms with van der Waals surface area (Å²) >= 11 is 0. The van der Waals surface area contributed by atoms with E-state index in [4.69, 9.17) is 0 Å². The van der Waals surface area contributed by atoms with Crippen molar-refractivity contribution in [2.75, 3.05) is 11.9 Å². The topological polar surface area (TPSA) is 102 Å². The number of rotatable bonds is 6. The third-order valence-corrected chi connectivity index (χ3v) is 4.50. The zero-order chi connectivity index (χ0) is 22.7. The van der Waals surface area contributed by atoms with E-state index < -0.39 is 18.7 Å². The molecule has 4 aromatic rings. The van der Waals surface area contributed by atoms with Crippen LogP contribution >= 0.6 is 0 Å². The highest BCUT2D eigenvalue weighted by atomic mass is 19.4. The maximum Gasteiger partial charge on any atom is 0.411 e. The second-order valence-corrected chi connectivity index (χ2v) is 6.80. The first-order valence-corrected chi connectivity index (χ1v) is 9.37. The molecule has 0 aliphatic heterocycles. The number of anilines is 1. The Morgan fingerprint density at radius 1 is 1.12 bits per heavy atom. The molecule has 0 bridgehead atoms. The quantitative estimate of drug-likeness (QED) is 0.475. The molecule has 0 unspecified atom stereocenters. The second-order valence-electron chi connectivity index (χ2n) is 6.80. The summed E-state index contributed by atoms with van der Waals surface area (Å²) in [5.41, 5.74) is 1.75. The summed E-state index contributed by atoms with van der Waals surface area (Å²) < 4.78 is 42.6. The van der Waals surface area contributed by atoms with Crippen LogP contribution in [0.5, 0.6) is 0 Å². The Hall–Kier alpha value is -3.99. The highest BCUT2D eigenvalue weighted by molar-refractivity contribution is 6.05. The van der Waals surface area contributed by atoms with Crippen molar-refractivity contribution in [2.45, 2.75) is 12.8 Å². The van der Waals surface area contributed by atoms with Gasteiger partial charge in [-0.25, -0.2) is 9.67 Å². The van der Waals surface area contributed by atoms with Crippen molar-refractivity contribution in [1.82, 2.24) is 19.7 Å². The van der Waals surface area contributed by atoms with Gasteiger partial charge in [-0.05, 0) is 29.8 Å². The number of fused-ring (bicyclic) bond motifs is 1. The Balaban J connectivity index is 1.52. The monoisotopic (exact) mass is 443 g/mol. The van der Waals surface area contributed by atoms with E-state index in [0.29, 0.717) is 33.5 Å². The van der Waals surface area contributed by atoms with Gasteiger partial charge >= 0.3 is 6.18 Å². The maximum atomic E-state index is 12.7. The van der Waals surface area contributed by atoms with Gasteiger partial charge in [-0.1, -0.05) is 24.3 Å². The fraction of sp³-hybridized carbons (Fsp3) is 0.143. The van der Waals surface area contributed by atoms with Gasteiger partial charge in [0.05, 0.1) is 30.5 Å². The normalized spacial score (nSPS) is 11.6. The predicted molar refractivity (Wildman–Crippen MR) is 110 cm³/mol. The van der Waals surface area contributed by atoms with Gasteiger partial charge < -0.3 is 15.0 Å². The van der Waals surface area contributed by atoms with Crippen LogP contribution in [0.25, 0.3) is 16.7 Å². The molecule has 0 radical (unpaired) electrons. The van der Waals surface area contributed by atoms with Crippen LogP contribution in [0.3, 0.4) is 0 Å². The minimum Gasteiger partial charge on any atom is -0.367 e. The molecular formula is C21H16F3N5O3. The molecule has 32 heavy (non-hydrogen) atoms. The van der Waals surface area contributed by atoms with Gasteiger partial charge in [-0.2, -0.15) is 18.3 Å². The molecule has 2 N–H and O–H groups in total. The summed E-state index contributed by atoms with van der Waals surface area (Å²) in [7, 11) is 0. The summed E-state index contributed by atoms with van der Waals surface area (Å²) in [6.45, 7) is -1.56. The fourth-order valence-electron chi connectivity index (χ4n) is 3.03. The van der Waals surface area contributed by atoms with E-state index in [1.807, 2.05) is 0 Å². The van der Waals surface area contributed by atoms with Crippen molar-refractivity contribution in [2.24, 2.45) is 0 Å². The molecule has 11 heteroatoms. The maximum absolute atomic E-state index is 12.7. The van der Waals surface area contributed by atoms with Crippen LogP contribution in [-0.4, -0.2) is 38.4 Å². The van der Waals surface area contributed by atoms with Gasteiger partial charge in [-0.15, -0.1) is 0 Å². The van der Waals surface area contributed by atoms with E-state index in [1.165, 1.54) is 41.5 Å². The number of para-hydroxylation sites is 2. The predicted octanol–water partition coefficient (Wildman–Crippen LogP) is 3.44. The Bertz CT molecular complexity index is 1310. The molecule has 1 amide bonds. The van der Waals surface area contributed by atoms with Crippen molar-refractivity contribution in [3.05, 3.63) is 82.5 Å². The number of aromatic amines is 1. The number of carbonyl (C=O) groups excluding carboxylic acids is 1. The van der Waals surface area contributed by atoms with Crippen molar-refractivity contribution in [3.63, 3.8) is 0 Å². The average molecular weight is 443 g/mol. The van der Waals surface area contributed by atoms with E-state index in [0.717, 1.165) is 0 Å². The Morgan fingerprint density at radius 2 is 1.88 bits per heavy atom. The zero-order valence-corrected chi connectivity index (χ0v) is 16.4. The van der Waals surface area contributed by atoms with Gasteiger partial charge in [0.1, 0.15) is 12.0 Å². The highest BCUT2D eigenvalue weighted by Crippen LogP contribution is 2.23. The van der Waals surface area contributed by atoms with Crippen LogP contribution in [0.1, 0.15) is 15.9 Å². The van der Waals surface area contributed by atoms with Crippen LogP contribution in [0, 0.1) is 0 Å². The fourth-order valence-corrected chi connectivity index (χ4v) is 3.03. The number of hydrogen-bond acceptors (Lipinski definition) is 5. The summed E-state index contributed by atoms with van der Waals surface area (Å²) in [5, 5.41) is 7.30. The molecule has 0 saturated carbocycles. The van der Waals surface area contributed by atoms with Gasteiger partial charge in [0.2, 0.25) is 0 Å². The molecule has 164 valence electrons. The summed E-state index contributed by atoms with van der Waals surface area (Å²) in [4.78, 5) is 31.3. The number of alkyl halides is 3. The number of halogens is 3. The average Bonchev–Trinajstić information content (AvgIpc) is 3.19. The minimum atomic E-state index is -4.39. The minimum absolute atomic E-state index is 0.219. The number of benzene rings is 2. The lowest BCUT2D eigenvalue weighted by atomic mass is 10.1. The molecule has 0 atom stereocenters. The van der Waals surface area contributed by atoms with Gasteiger partial charge in [0.25, 0.3) is 11.5 Å². The van der Waals surface area contributed by atoms with Crippen LogP contribution in [0.4, 0.5) is 18.9 Å². The number of nitrogens with one attached hydrogen (secondary N) is 2. The van der Waals surface area contributed by atoms with Gasteiger partial charge in [0.15, 0.2) is 5.65 Å². The van der Waals surface area contributed by atoms with Crippen LogP contribution in [0.2, 0.25) is 0 Å². The summed E-state index contributed by atoms with van der Waals surface area (Å²) in [5.74, 6) is -0.428.